The van der Waals surface area contributed by atoms with Gasteiger partial charge in [-0.15, -0.1) is 0 Å². The van der Waals surface area contributed by atoms with Crippen LogP contribution >= 0.6 is 15.9 Å². The molecule has 3 rings (SSSR count). The highest BCUT2D eigenvalue weighted by molar-refractivity contribution is 9.10. The van der Waals surface area contributed by atoms with E-state index in [2.05, 4.69) is 15.9 Å². The summed E-state index contributed by atoms with van der Waals surface area (Å²) in [6.07, 6.45) is -0.465. The lowest BCUT2D eigenvalue weighted by Gasteiger charge is -2.31. The van der Waals surface area contributed by atoms with E-state index in [4.69, 9.17) is 10.5 Å². The monoisotopic (exact) mass is 357 g/mol. The number of ether oxygens (including phenoxy) is 1. The van der Waals surface area contributed by atoms with Gasteiger partial charge in [-0.1, -0.05) is 22.0 Å². The van der Waals surface area contributed by atoms with Crippen LogP contribution in [-0.4, -0.2) is 0 Å². The van der Waals surface area contributed by atoms with Gasteiger partial charge < -0.3 is 10.5 Å². The van der Waals surface area contributed by atoms with E-state index in [0.29, 0.717) is 11.8 Å². The predicted octanol–water partition coefficient (Wildman–Crippen LogP) is 4.39. The zero-order valence-electron chi connectivity index (χ0n) is 10.7. The second-order valence-electron chi connectivity index (χ2n) is 4.92. The van der Waals surface area contributed by atoms with Crippen molar-refractivity contribution in [2.24, 2.45) is 5.73 Å². The first-order chi connectivity index (χ1) is 9.95. The molecule has 0 aromatic heterocycles. The fourth-order valence-electron chi connectivity index (χ4n) is 2.45. The highest BCUT2D eigenvalue weighted by atomic mass is 79.9. The van der Waals surface area contributed by atoms with Crippen molar-refractivity contribution in [3.63, 3.8) is 0 Å². The van der Waals surface area contributed by atoms with Gasteiger partial charge in [0.1, 0.15) is 17.7 Å². The fraction of sp³-hybridized carbons (Fsp3) is 0.200. The van der Waals surface area contributed by atoms with Crippen molar-refractivity contribution in [3.05, 3.63) is 63.4 Å². The van der Waals surface area contributed by atoms with Crippen molar-refractivity contribution < 1.29 is 17.9 Å². The van der Waals surface area contributed by atoms with Gasteiger partial charge in [0.05, 0.1) is 0 Å². The van der Waals surface area contributed by atoms with Crippen molar-refractivity contribution in [1.82, 2.24) is 0 Å². The smallest absolute Gasteiger partial charge is 0.161 e. The molecule has 2 N–H and O–H groups in total. The van der Waals surface area contributed by atoms with Crippen LogP contribution < -0.4 is 10.5 Å². The average molecular weight is 358 g/mol. The molecule has 2 nitrogen and oxygen atoms in total. The van der Waals surface area contributed by atoms with Gasteiger partial charge in [-0.3, -0.25) is 0 Å². The molecule has 1 unspecified atom stereocenters. The largest absolute Gasteiger partial charge is 0.485 e. The van der Waals surface area contributed by atoms with Crippen LogP contribution in [-0.2, 0) is 0 Å². The Morgan fingerprint density at radius 1 is 1.00 bits per heavy atom. The Hall–Kier alpha value is -1.53. The van der Waals surface area contributed by atoms with Crippen molar-refractivity contribution in [1.29, 1.82) is 0 Å². The Bertz CT molecular complexity index is 708. The fourth-order valence-corrected chi connectivity index (χ4v) is 2.79. The second-order valence-corrected chi connectivity index (χ2v) is 5.83. The third kappa shape index (κ3) is 2.65. The molecule has 0 amide bonds. The highest BCUT2D eigenvalue weighted by Crippen LogP contribution is 2.41. The second kappa shape index (κ2) is 5.35. The Kier molecular flexibility index (Phi) is 3.67. The van der Waals surface area contributed by atoms with Gasteiger partial charge in [-0.2, -0.15) is 0 Å². The van der Waals surface area contributed by atoms with E-state index in [0.717, 1.165) is 16.1 Å². The molecule has 110 valence electrons. The molecule has 0 saturated heterocycles. The van der Waals surface area contributed by atoms with Gasteiger partial charge in [-0.05, 0) is 18.2 Å². The maximum absolute atomic E-state index is 13.9. The van der Waals surface area contributed by atoms with Crippen molar-refractivity contribution in [2.75, 3.05) is 0 Å². The molecule has 6 heteroatoms. The molecular weight excluding hydrogens is 347 g/mol. The van der Waals surface area contributed by atoms with Crippen LogP contribution in [0.5, 0.6) is 5.75 Å². The Balaban J connectivity index is 2.01. The lowest BCUT2D eigenvalue weighted by molar-refractivity contribution is 0.156. The van der Waals surface area contributed by atoms with Crippen LogP contribution in [0.15, 0.2) is 34.8 Å². The minimum Gasteiger partial charge on any atom is -0.485 e. The van der Waals surface area contributed by atoms with Crippen LogP contribution in [0.25, 0.3) is 0 Å². The topological polar surface area (TPSA) is 35.2 Å². The molecule has 2 atom stereocenters. The number of halogens is 4. The summed E-state index contributed by atoms with van der Waals surface area (Å²) in [5, 5.41) is 0. The van der Waals surface area contributed by atoms with Crippen molar-refractivity contribution >= 4 is 15.9 Å². The van der Waals surface area contributed by atoms with Crippen molar-refractivity contribution in [2.45, 2.75) is 18.6 Å². The minimum absolute atomic E-state index is 0.0324. The quantitative estimate of drug-likeness (QED) is 0.768. The van der Waals surface area contributed by atoms with Gasteiger partial charge >= 0.3 is 0 Å². The minimum atomic E-state index is -1.22. The molecule has 1 aliphatic rings. The van der Waals surface area contributed by atoms with Gasteiger partial charge in [0.25, 0.3) is 0 Å². The van der Waals surface area contributed by atoms with Crippen LogP contribution in [0.2, 0.25) is 0 Å². The maximum atomic E-state index is 13.9. The standard InChI is InChI=1S/C15H11BrF3NO/c16-7-1-2-8-13(20)6-15(21-14(8)3-7)9-4-11(18)12(19)5-10(9)17/h1-5,13,15H,6,20H2/t13-,15?/m1/s1. The van der Waals surface area contributed by atoms with E-state index in [-0.39, 0.29) is 18.0 Å². The number of rotatable bonds is 1. The normalized spacial score (nSPS) is 20.8. The van der Waals surface area contributed by atoms with Gasteiger partial charge in [-0.25, -0.2) is 13.2 Å². The number of hydrogen-bond donors (Lipinski definition) is 1. The first kappa shape index (κ1) is 14.4. The number of benzene rings is 2. The third-order valence-electron chi connectivity index (χ3n) is 3.50. The van der Waals surface area contributed by atoms with Crippen molar-refractivity contribution in [3.8, 4) is 5.75 Å². The number of fused-ring (bicyclic) bond motifs is 1. The molecule has 0 bridgehead atoms. The summed E-state index contributed by atoms with van der Waals surface area (Å²) in [5.41, 5.74) is 6.83. The van der Waals surface area contributed by atoms with E-state index in [1.807, 2.05) is 12.1 Å². The van der Waals surface area contributed by atoms with Gasteiger partial charge in [0.15, 0.2) is 11.6 Å². The first-order valence-electron chi connectivity index (χ1n) is 6.32. The summed E-state index contributed by atoms with van der Waals surface area (Å²) in [7, 11) is 0. The molecule has 0 saturated carbocycles. The molecule has 2 aromatic rings. The van der Waals surface area contributed by atoms with E-state index in [1.165, 1.54) is 0 Å². The van der Waals surface area contributed by atoms with Gasteiger partial charge in [0.2, 0.25) is 0 Å². The molecule has 1 heterocycles. The molecule has 2 aromatic carbocycles. The summed E-state index contributed by atoms with van der Waals surface area (Å²) in [4.78, 5) is 0. The molecular formula is C15H11BrF3NO. The van der Waals surface area contributed by atoms with E-state index < -0.39 is 23.6 Å². The summed E-state index contributed by atoms with van der Waals surface area (Å²) in [6.45, 7) is 0. The average Bonchev–Trinajstić information content (AvgIpc) is 2.42. The van der Waals surface area contributed by atoms with Crippen LogP contribution in [0.3, 0.4) is 0 Å². The summed E-state index contributed by atoms with van der Waals surface area (Å²) in [5.74, 6) is -2.66. The third-order valence-corrected chi connectivity index (χ3v) is 3.99. The SMILES string of the molecule is N[C@@H]1CC(c2cc(F)c(F)cc2F)Oc2cc(Br)ccc21. The molecule has 1 aliphatic heterocycles. The van der Waals surface area contributed by atoms with E-state index in [1.54, 1.807) is 6.07 Å². The highest BCUT2D eigenvalue weighted by Gasteiger charge is 2.29. The molecule has 0 fully saturated rings. The maximum Gasteiger partial charge on any atom is 0.161 e. The first-order valence-corrected chi connectivity index (χ1v) is 7.11. The number of nitrogens with two attached hydrogens (primary N) is 1. The van der Waals surface area contributed by atoms with Crippen LogP contribution in [0.1, 0.15) is 29.7 Å². The summed E-state index contributed by atoms with van der Waals surface area (Å²) < 4.78 is 46.7. The Labute approximate surface area is 127 Å². The number of hydrogen-bond acceptors (Lipinski definition) is 2. The van der Waals surface area contributed by atoms with Crippen LogP contribution in [0.4, 0.5) is 13.2 Å². The zero-order valence-corrected chi connectivity index (χ0v) is 12.3. The molecule has 0 radical (unpaired) electrons. The van der Waals surface area contributed by atoms with E-state index in [9.17, 15) is 13.2 Å². The molecule has 21 heavy (non-hydrogen) atoms. The lowest BCUT2D eigenvalue weighted by Crippen LogP contribution is -2.25. The Morgan fingerprint density at radius 2 is 1.71 bits per heavy atom. The van der Waals surface area contributed by atoms with E-state index >= 15 is 0 Å². The predicted molar refractivity (Wildman–Crippen MR) is 75.4 cm³/mol. The van der Waals surface area contributed by atoms with Crippen LogP contribution in [0, 0.1) is 17.5 Å². The Morgan fingerprint density at radius 3 is 2.48 bits per heavy atom. The zero-order chi connectivity index (χ0) is 15.1. The summed E-state index contributed by atoms with van der Waals surface area (Å²) >= 11 is 3.32. The van der Waals surface area contributed by atoms with Gasteiger partial charge in [0, 0.05) is 34.1 Å². The molecule has 0 aliphatic carbocycles. The summed E-state index contributed by atoms with van der Waals surface area (Å²) in [6, 6.07) is 6.36. The molecule has 0 spiro atoms. The lowest BCUT2D eigenvalue weighted by atomic mass is 9.93.